The molecule has 2 heterocycles. The smallest absolute Gasteiger partial charge is 0.253 e. The van der Waals surface area contributed by atoms with Gasteiger partial charge in [-0.25, -0.2) is 4.39 Å². The third kappa shape index (κ3) is 5.45. The molecule has 2 aliphatic rings. The molecule has 0 aromatic heterocycles. The predicted octanol–water partition coefficient (Wildman–Crippen LogP) is 4.79. The van der Waals surface area contributed by atoms with Crippen LogP contribution in [0.1, 0.15) is 48.0 Å². The number of halogens is 1. The number of carbonyl (C=O) groups excluding carboxylic acids is 1. The fraction of sp³-hybridized carbons (Fsp3) is 0.500. The number of fused-ring (bicyclic) bond motifs is 1. The van der Waals surface area contributed by atoms with Gasteiger partial charge in [0, 0.05) is 31.7 Å². The molecule has 0 aliphatic carbocycles. The van der Waals surface area contributed by atoms with Gasteiger partial charge in [0.05, 0.1) is 0 Å². The van der Waals surface area contributed by atoms with Crippen LogP contribution in [-0.2, 0) is 6.42 Å². The molecule has 1 spiro atoms. The predicted molar refractivity (Wildman–Crippen MR) is 121 cm³/mol. The number of ether oxygens (including phenoxy) is 1. The van der Waals surface area contributed by atoms with E-state index in [0.717, 1.165) is 57.6 Å². The summed E-state index contributed by atoms with van der Waals surface area (Å²) in [7, 11) is 2.18. The second-order valence-corrected chi connectivity index (χ2v) is 9.20. The van der Waals surface area contributed by atoms with E-state index in [9.17, 15) is 9.18 Å². The van der Waals surface area contributed by atoms with Gasteiger partial charge in [-0.15, -0.1) is 0 Å². The zero-order chi connectivity index (χ0) is 21.7. The minimum absolute atomic E-state index is 0.0152. The van der Waals surface area contributed by atoms with Crippen molar-refractivity contribution in [1.82, 2.24) is 9.80 Å². The van der Waals surface area contributed by atoms with Crippen molar-refractivity contribution < 1.29 is 13.9 Å². The van der Waals surface area contributed by atoms with Crippen LogP contribution in [0.5, 0.6) is 5.75 Å². The summed E-state index contributed by atoms with van der Waals surface area (Å²) in [5.41, 5.74) is 2.12. The van der Waals surface area contributed by atoms with Crippen LogP contribution in [0.15, 0.2) is 48.5 Å². The van der Waals surface area contributed by atoms with Crippen LogP contribution in [0.25, 0.3) is 0 Å². The van der Waals surface area contributed by atoms with Crippen LogP contribution < -0.4 is 4.74 Å². The van der Waals surface area contributed by atoms with E-state index in [1.165, 1.54) is 30.5 Å². The Morgan fingerprint density at radius 1 is 0.968 bits per heavy atom. The van der Waals surface area contributed by atoms with E-state index in [2.05, 4.69) is 30.1 Å². The summed E-state index contributed by atoms with van der Waals surface area (Å²) in [4.78, 5) is 17.2. The number of likely N-dealkylation sites (N-methyl/N-ethyl adjacent to an activating group) is 1. The molecule has 2 aromatic rings. The highest BCUT2D eigenvalue weighted by atomic mass is 19.1. The zero-order valence-corrected chi connectivity index (χ0v) is 18.5. The van der Waals surface area contributed by atoms with Gasteiger partial charge in [-0.1, -0.05) is 24.6 Å². The highest BCUT2D eigenvalue weighted by Crippen LogP contribution is 2.38. The lowest BCUT2D eigenvalue weighted by Crippen LogP contribution is -2.48. The topological polar surface area (TPSA) is 32.8 Å². The second-order valence-electron chi connectivity index (χ2n) is 9.20. The second kappa shape index (κ2) is 9.82. The Kier molecular flexibility index (Phi) is 6.91. The molecule has 5 heteroatoms. The summed E-state index contributed by atoms with van der Waals surface area (Å²) >= 11 is 0. The summed E-state index contributed by atoms with van der Waals surface area (Å²) in [5.74, 6) is 0.733. The third-order valence-electron chi connectivity index (χ3n) is 6.91. The van der Waals surface area contributed by atoms with Crippen LogP contribution in [0.2, 0.25) is 0 Å². The summed E-state index contributed by atoms with van der Waals surface area (Å²) in [5, 5.41) is 0. The number of hydrogen-bond donors (Lipinski definition) is 0. The molecule has 0 radical (unpaired) electrons. The fourth-order valence-electron chi connectivity index (χ4n) is 5.08. The Morgan fingerprint density at radius 2 is 1.71 bits per heavy atom. The standard InChI is InChI=1S/C26H33FN2O2/c1-28-18-19-31-24-8-3-2-6-21(24)7-4-5-13-26(20-28)14-16-29(17-15-26)25(30)22-9-11-23(27)12-10-22/h2-3,6,8-12H,4-5,7,13-20H2,1H3. The normalized spacial score (nSPS) is 20.3. The van der Waals surface area contributed by atoms with Crippen molar-refractivity contribution in [3.8, 4) is 5.75 Å². The van der Waals surface area contributed by atoms with E-state index in [-0.39, 0.29) is 17.1 Å². The molecule has 166 valence electrons. The number of amides is 1. The van der Waals surface area contributed by atoms with Crippen molar-refractivity contribution in [3.63, 3.8) is 0 Å². The lowest BCUT2D eigenvalue weighted by atomic mass is 9.73. The van der Waals surface area contributed by atoms with Gasteiger partial charge in [-0.3, -0.25) is 4.79 Å². The number of aryl methyl sites for hydroxylation is 1. The monoisotopic (exact) mass is 424 g/mol. The Balaban J connectivity index is 1.40. The molecular weight excluding hydrogens is 391 g/mol. The maximum Gasteiger partial charge on any atom is 0.253 e. The molecule has 2 aromatic carbocycles. The third-order valence-corrected chi connectivity index (χ3v) is 6.91. The first-order chi connectivity index (χ1) is 15.0. The minimum Gasteiger partial charge on any atom is -0.492 e. The van der Waals surface area contributed by atoms with Gasteiger partial charge in [0.15, 0.2) is 0 Å². The molecule has 0 saturated carbocycles. The molecule has 0 unspecified atom stereocenters. The van der Waals surface area contributed by atoms with Crippen molar-refractivity contribution in [2.45, 2.75) is 38.5 Å². The molecule has 1 amide bonds. The molecule has 0 N–H and O–H groups in total. The number of rotatable bonds is 1. The molecule has 2 aliphatic heterocycles. The lowest BCUT2D eigenvalue weighted by Gasteiger charge is -2.44. The van der Waals surface area contributed by atoms with Gasteiger partial charge in [0.25, 0.3) is 5.91 Å². The number of piperidine rings is 1. The van der Waals surface area contributed by atoms with Crippen LogP contribution in [0, 0.1) is 11.2 Å². The molecule has 4 nitrogen and oxygen atoms in total. The number of nitrogens with zero attached hydrogens (tertiary/aromatic N) is 2. The van der Waals surface area contributed by atoms with Gasteiger partial charge in [-0.05, 0) is 80.5 Å². The molecular formula is C26H33FN2O2. The zero-order valence-electron chi connectivity index (χ0n) is 18.5. The molecule has 1 saturated heterocycles. The Hall–Kier alpha value is -2.40. The van der Waals surface area contributed by atoms with E-state index in [1.54, 1.807) is 12.1 Å². The van der Waals surface area contributed by atoms with Crippen LogP contribution in [0.4, 0.5) is 4.39 Å². The van der Waals surface area contributed by atoms with Crippen LogP contribution >= 0.6 is 0 Å². The molecule has 1 fully saturated rings. The minimum atomic E-state index is -0.308. The first-order valence-corrected chi connectivity index (χ1v) is 11.5. The number of carbonyl (C=O) groups is 1. The average molecular weight is 425 g/mol. The quantitative estimate of drug-likeness (QED) is 0.660. The largest absolute Gasteiger partial charge is 0.492 e. The van der Waals surface area contributed by atoms with Gasteiger partial charge in [-0.2, -0.15) is 0 Å². The fourth-order valence-corrected chi connectivity index (χ4v) is 5.08. The van der Waals surface area contributed by atoms with Gasteiger partial charge in [0.1, 0.15) is 18.2 Å². The Bertz CT molecular complexity index is 875. The van der Waals surface area contributed by atoms with Crippen molar-refractivity contribution in [3.05, 3.63) is 65.5 Å². The van der Waals surface area contributed by atoms with Crippen molar-refractivity contribution in [2.24, 2.45) is 5.41 Å². The van der Waals surface area contributed by atoms with Crippen LogP contribution in [0.3, 0.4) is 0 Å². The molecule has 0 atom stereocenters. The lowest BCUT2D eigenvalue weighted by molar-refractivity contribution is 0.0425. The SMILES string of the molecule is CN1CCOc2ccccc2CCCCC2(CCN(C(=O)c3ccc(F)cc3)CC2)C1. The Labute approximate surface area is 185 Å². The summed E-state index contributed by atoms with van der Waals surface area (Å²) in [6.07, 6.45) is 6.62. The Morgan fingerprint density at radius 3 is 2.48 bits per heavy atom. The number of hydrogen-bond acceptors (Lipinski definition) is 3. The highest BCUT2D eigenvalue weighted by Gasteiger charge is 2.36. The summed E-state index contributed by atoms with van der Waals surface area (Å²) < 4.78 is 19.3. The van der Waals surface area contributed by atoms with Gasteiger partial charge in [0.2, 0.25) is 0 Å². The average Bonchev–Trinajstić information content (AvgIpc) is 2.77. The van der Waals surface area contributed by atoms with Gasteiger partial charge < -0.3 is 14.5 Å². The molecule has 31 heavy (non-hydrogen) atoms. The van der Waals surface area contributed by atoms with E-state index < -0.39 is 0 Å². The molecule has 0 bridgehead atoms. The van der Waals surface area contributed by atoms with Crippen LogP contribution in [-0.4, -0.2) is 55.5 Å². The molecule has 4 rings (SSSR count). The van der Waals surface area contributed by atoms with Crippen molar-refractivity contribution >= 4 is 5.91 Å². The first kappa shape index (κ1) is 21.8. The maximum absolute atomic E-state index is 13.2. The maximum atomic E-state index is 13.2. The van der Waals surface area contributed by atoms with Crippen molar-refractivity contribution in [2.75, 3.05) is 39.8 Å². The number of benzene rings is 2. The van der Waals surface area contributed by atoms with Gasteiger partial charge >= 0.3 is 0 Å². The van der Waals surface area contributed by atoms with Crippen molar-refractivity contribution in [1.29, 1.82) is 0 Å². The van der Waals surface area contributed by atoms with E-state index in [1.807, 2.05) is 11.0 Å². The van der Waals surface area contributed by atoms with E-state index in [4.69, 9.17) is 4.74 Å². The highest BCUT2D eigenvalue weighted by molar-refractivity contribution is 5.94. The van der Waals surface area contributed by atoms with E-state index in [0.29, 0.717) is 12.2 Å². The number of para-hydroxylation sites is 1. The summed E-state index contributed by atoms with van der Waals surface area (Å²) in [6.45, 7) is 4.16. The number of likely N-dealkylation sites (tertiary alicyclic amines) is 1. The summed E-state index contributed by atoms with van der Waals surface area (Å²) in [6, 6.07) is 14.3. The first-order valence-electron chi connectivity index (χ1n) is 11.5. The van der Waals surface area contributed by atoms with E-state index >= 15 is 0 Å².